The molecule has 1 saturated heterocycles. The van der Waals surface area contributed by atoms with Gasteiger partial charge in [0.15, 0.2) is 0 Å². The first-order chi connectivity index (χ1) is 13.5. The van der Waals surface area contributed by atoms with E-state index in [-0.39, 0.29) is 17.9 Å². The highest BCUT2D eigenvalue weighted by Crippen LogP contribution is 2.25. The van der Waals surface area contributed by atoms with Gasteiger partial charge in [-0.05, 0) is 51.6 Å². The highest BCUT2D eigenvalue weighted by atomic mass is 16.2. The molecule has 2 aromatic carbocycles. The van der Waals surface area contributed by atoms with Crippen LogP contribution >= 0.6 is 0 Å². The van der Waals surface area contributed by atoms with E-state index in [1.807, 2.05) is 63.5 Å². The Labute approximate surface area is 167 Å². The summed E-state index contributed by atoms with van der Waals surface area (Å²) < 4.78 is 0. The predicted octanol–water partition coefficient (Wildman–Crippen LogP) is 2.64. The first-order valence-electron chi connectivity index (χ1n) is 9.82. The predicted molar refractivity (Wildman–Crippen MR) is 112 cm³/mol. The average Bonchev–Trinajstić information content (AvgIpc) is 3.07. The number of aryl methyl sites for hydroxylation is 1. The molecule has 28 heavy (non-hydrogen) atoms. The molecule has 5 heteroatoms. The van der Waals surface area contributed by atoms with Crippen molar-refractivity contribution in [2.45, 2.75) is 25.8 Å². The number of anilines is 1. The summed E-state index contributed by atoms with van der Waals surface area (Å²) in [7, 11) is 4.03. The minimum atomic E-state index is -0.596. The number of hydrogen-bond donors (Lipinski definition) is 1. The molecule has 0 aliphatic carbocycles. The van der Waals surface area contributed by atoms with Crippen molar-refractivity contribution >= 4 is 17.5 Å². The lowest BCUT2D eigenvalue weighted by atomic mass is 10.0. The number of hydrogen-bond acceptors (Lipinski definition) is 3. The summed E-state index contributed by atoms with van der Waals surface area (Å²) in [5.74, 6) is -0.869. The van der Waals surface area contributed by atoms with Crippen LogP contribution in [0, 0.1) is 12.8 Å². The lowest BCUT2D eigenvalue weighted by Crippen LogP contribution is -2.44. The molecule has 2 atom stereocenters. The fourth-order valence-corrected chi connectivity index (χ4v) is 3.57. The Morgan fingerprint density at radius 1 is 1.14 bits per heavy atom. The Balaban J connectivity index is 1.58. The first-order valence-corrected chi connectivity index (χ1v) is 9.82. The van der Waals surface area contributed by atoms with Crippen LogP contribution in [0.4, 0.5) is 5.69 Å². The molecule has 2 aromatic rings. The van der Waals surface area contributed by atoms with Crippen LogP contribution in [0.2, 0.25) is 0 Å². The lowest BCUT2D eigenvalue weighted by molar-refractivity contribution is -0.132. The Hall–Kier alpha value is -2.66. The highest BCUT2D eigenvalue weighted by Gasteiger charge is 2.37. The normalized spacial score (nSPS) is 17.8. The van der Waals surface area contributed by atoms with E-state index in [2.05, 4.69) is 22.3 Å². The molecule has 0 aromatic heterocycles. The van der Waals surface area contributed by atoms with Gasteiger partial charge in [-0.25, -0.2) is 0 Å². The minimum absolute atomic E-state index is 0.106. The van der Waals surface area contributed by atoms with Crippen LogP contribution in [0.3, 0.4) is 0 Å². The number of rotatable bonds is 7. The summed E-state index contributed by atoms with van der Waals surface area (Å²) in [4.78, 5) is 29.3. The van der Waals surface area contributed by atoms with E-state index >= 15 is 0 Å². The van der Waals surface area contributed by atoms with Crippen molar-refractivity contribution in [1.82, 2.24) is 10.2 Å². The van der Waals surface area contributed by atoms with E-state index in [1.54, 1.807) is 4.90 Å². The molecule has 2 amide bonds. The number of carbonyl (C=O) groups excluding carboxylic acids is 2. The molecular formula is C23H29N3O2. The van der Waals surface area contributed by atoms with Crippen LogP contribution in [0.25, 0.3) is 0 Å². The smallest absolute Gasteiger partial charge is 0.239 e. The van der Waals surface area contributed by atoms with Crippen LogP contribution in [0.15, 0.2) is 54.6 Å². The van der Waals surface area contributed by atoms with Gasteiger partial charge in [0.25, 0.3) is 0 Å². The van der Waals surface area contributed by atoms with E-state index in [0.29, 0.717) is 19.5 Å². The highest BCUT2D eigenvalue weighted by molar-refractivity contribution is 6.09. The minimum Gasteiger partial charge on any atom is -0.354 e. The van der Waals surface area contributed by atoms with Crippen molar-refractivity contribution in [2.24, 2.45) is 5.92 Å². The molecule has 0 saturated carbocycles. The summed E-state index contributed by atoms with van der Waals surface area (Å²) in [5.41, 5.74) is 3.25. The van der Waals surface area contributed by atoms with Gasteiger partial charge in [-0.2, -0.15) is 0 Å². The molecular weight excluding hydrogens is 350 g/mol. The van der Waals surface area contributed by atoms with Gasteiger partial charge in [0.05, 0.1) is 0 Å². The second-order valence-electron chi connectivity index (χ2n) is 7.72. The largest absolute Gasteiger partial charge is 0.354 e. The molecule has 0 bridgehead atoms. The molecule has 148 valence electrons. The third-order valence-electron chi connectivity index (χ3n) is 5.42. The number of nitrogens with zero attached hydrogens (tertiary/aromatic N) is 2. The quantitative estimate of drug-likeness (QED) is 0.753. The zero-order chi connectivity index (χ0) is 20.1. The van der Waals surface area contributed by atoms with Crippen LogP contribution < -0.4 is 10.2 Å². The molecule has 1 heterocycles. The van der Waals surface area contributed by atoms with Gasteiger partial charge in [0.2, 0.25) is 11.8 Å². The molecule has 1 aliphatic rings. The summed E-state index contributed by atoms with van der Waals surface area (Å²) in [6.45, 7) is 3.12. The number of likely N-dealkylation sites (N-methyl/N-ethyl adjacent to an activating group) is 1. The molecule has 5 nitrogen and oxygen atoms in total. The van der Waals surface area contributed by atoms with E-state index in [1.165, 1.54) is 5.56 Å². The van der Waals surface area contributed by atoms with Crippen LogP contribution in [0.1, 0.15) is 17.5 Å². The summed E-state index contributed by atoms with van der Waals surface area (Å²) >= 11 is 0. The maximum atomic E-state index is 12.8. The van der Waals surface area contributed by atoms with Crippen LogP contribution in [0.5, 0.6) is 0 Å². The van der Waals surface area contributed by atoms with Gasteiger partial charge < -0.3 is 15.1 Å². The van der Waals surface area contributed by atoms with E-state index in [0.717, 1.165) is 17.7 Å². The van der Waals surface area contributed by atoms with Crippen LogP contribution in [-0.2, 0) is 16.0 Å². The SMILES string of the molecule is Cc1ccc(N2CCC(C(=O)NCC(Cc3ccccc3)N(C)C)C2=O)cc1. The molecule has 0 radical (unpaired) electrons. The van der Waals surface area contributed by atoms with Gasteiger partial charge in [-0.1, -0.05) is 48.0 Å². The summed E-state index contributed by atoms with van der Waals surface area (Å²) in [5, 5.41) is 3.01. The molecule has 1 aliphatic heterocycles. The second-order valence-corrected chi connectivity index (χ2v) is 7.72. The molecule has 0 spiro atoms. The summed E-state index contributed by atoms with van der Waals surface area (Å²) in [6.07, 6.45) is 1.41. The molecule has 2 unspecified atom stereocenters. The van der Waals surface area contributed by atoms with Gasteiger partial charge in [-0.15, -0.1) is 0 Å². The monoisotopic (exact) mass is 379 g/mol. The first kappa shape index (κ1) is 20.1. The van der Waals surface area contributed by atoms with E-state index in [9.17, 15) is 9.59 Å². The van der Waals surface area contributed by atoms with Crippen molar-refractivity contribution in [1.29, 1.82) is 0 Å². The van der Waals surface area contributed by atoms with Gasteiger partial charge in [0.1, 0.15) is 5.92 Å². The van der Waals surface area contributed by atoms with Crippen LogP contribution in [-0.4, -0.2) is 49.9 Å². The number of nitrogens with one attached hydrogen (secondary N) is 1. The maximum Gasteiger partial charge on any atom is 0.239 e. The Kier molecular flexibility index (Phi) is 6.47. The van der Waals surface area contributed by atoms with Crippen molar-refractivity contribution < 1.29 is 9.59 Å². The average molecular weight is 380 g/mol. The third-order valence-corrected chi connectivity index (χ3v) is 5.42. The fourth-order valence-electron chi connectivity index (χ4n) is 3.57. The second kappa shape index (κ2) is 9.02. The van der Waals surface area contributed by atoms with Crippen molar-refractivity contribution in [3.8, 4) is 0 Å². The van der Waals surface area contributed by atoms with E-state index < -0.39 is 5.92 Å². The maximum absolute atomic E-state index is 12.8. The summed E-state index contributed by atoms with van der Waals surface area (Å²) in [6, 6.07) is 18.3. The Bertz CT molecular complexity index is 802. The zero-order valence-corrected chi connectivity index (χ0v) is 16.9. The molecule has 1 N–H and O–H groups in total. The van der Waals surface area contributed by atoms with Crippen molar-refractivity contribution in [3.63, 3.8) is 0 Å². The van der Waals surface area contributed by atoms with Gasteiger partial charge in [-0.3, -0.25) is 9.59 Å². The third kappa shape index (κ3) is 4.78. The number of amides is 2. The fraction of sp³-hybridized carbons (Fsp3) is 0.391. The zero-order valence-electron chi connectivity index (χ0n) is 16.9. The molecule has 1 fully saturated rings. The Morgan fingerprint density at radius 3 is 2.46 bits per heavy atom. The topological polar surface area (TPSA) is 52.7 Å². The van der Waals surface area contributed by atoms with Gasteiger partial charge >= 0.3 is 0 Å². The standard InChI is InChI=1S/C23H29N3O2/c1-17-9-11-19(12-10-17)26-14-13-21(23(26)28)22(27)24-16-20(25(2)3)15-18-7-5-4-6-8-18/h4-12,20-21H,13-16H2,1-3H3,(H,24,27). The number of benzene rings is 2. The molecule has 3 rings (SSSR count). The van der Waals surface area contributed by atoms with Crippen molar-refractivity contribution in [3.05, 3.63) is 65.7 Å². The van der Waals surface area contributed by atoms with Gasteiger partial charge in [0, 0.05) is 24.8 Å². The lowest BCUT2D eigenvalue weighted by Gasteiger charge is -2.25. The Morgan fingerprint density at radius 2 is 1.82 bits per heavy atom. The van der Waals surface area contributed by atoms with E-state index in [4.69, 9.17) is 0 Å². The van der Waals surface area contributed by atoms with Crippen molar-refractivity contribution in [2.75, 3.05) is 32.1 Å². The number of carbonyl (C=O) groups is 2.